The van der Waals surface area contributed by atoms with Gasteiger partial charge >= 0.3 is 0 Å². The minimum Gasteiger partial charge on any atom is -0.326 e. The average Bonchev–Trinajstić information content (AvgIpc) is 2.71. The van der Waals surface area contributed by atoms with Crippen molar-refractivity contribution < 1.29 is 0 Å². The predicted molar refractivity (Wildman–Crippen MR) is 114 cm³/mol. The second-order valence-electron chi connectivity index (χ2n) is 7.42. The topological polar surface area (TPSA) is 44.0 Å². The first kappa shape index (κ1) is 17.3. The van der Waals surface area contributed by atoms with Crippen molar-refractivity contribution in [1.29, 1.82) is 0 Å². The van der Waals surface area contributed by atoms with Crippen LogP contribution in [-0.2, 0) is 19.5 Å². The quantitative estimate of drug-likeness (QED) is 0.480. The molecule has 0 amide bonds. The zero-order chi connectivity index (χ0) is 19.4. The first-order chi connectivity index (χ1) is 13.6. The molecule has 0 atom stereocenters. The van der Waals surface area contributed by atoms with E-state index in [1.165, 1.54) is 0 Å². The van der Waals surface area contributed by atoms with Crippen molar-refractivity contribution >= 4 is 33.5 Å². The number of aryl methyl sites for hydroxylation is 3. The molecule has 0 aliphatic carbocycles. The third-order valence-electron chi connectivity index (χ3n) is 5.78. The molecule has 5 heteroatoms. The van der Waals surface area contributed by atoms with Gasteiger partial charge in [-0.3, -0.25) is 14.2 Å². The molecule has 0 bridgehead atoms. The Labute approximate surface area is 166 Å². The third-order valence-corrected chi connectivity index (χ3v) is 6.01. The summed E-state index contributed by atoms with van der Waals surface area (Å²) in [6.45, 7) is 3.30. The van der Waals surface area contributed by atoms with Crippen molar-refractivity contribution in [3.63, 3.8) is 0 Å². The van der Waals surface area contributed by atoms with Gasteiger partial charge in [0, 0.05) is 35.5 Å². The van der Waals surface area contributed by atoms with Crippen molar-refractivity contribution in [3.8, 4) is 0 Å². The van der Waals surface area contributed by atoms with Crippen molar-refractivity contribution in [2.24, 2.45) is 0 Å². The lowest BCUT2D eigenvalue weighted by Crippen LogP contribution is -2.33. The highest BCUT2D eigenvalue weighted by atomic mass is 35.5. The minimum atomic E-state index is -0.0274. The summed E-state index contributed by atoms with van der Waals surface area (Å²) in [6.07, 6.45) is 1.37. The number of pyridine rings is 2. The molecule has 4 nitrogen and oxygen atoms in total. The van der Waals surface area contributed by atoms with Crippen molar-refractivity contribution in [1.82, 2.24) is 9.13 Å². The van der Waals surface area contributed by atoms with Gasteiger partial charge in [0.25, 0.3) is 5.56 Å². The van der Waals surface area contributed by atoms with Crippen LogP contribution in [-0.4, -0.2) is 9.13 Å². The molecule has 2 aromatic heterocycles. The lowest BCUT2D eigenvalue weighted by Gasteiger charge is -2.25. The van der Waals surface area contributed by atoms with Crippen LogP contribution in [0.2, 0.25) is 5.02 Å². The number of hydrogen-bond donors (Lipinski definition) is 0. The van der Waals surface area contributed by atoms with E-state index in [0.29, 0.717) is 34.3 Å². The SMILES string of the molecule is Cc1c(Cc2ccccc2)c(=O)n2c3c1c(=O)c1ccc(Cl)cc1n3CCC2. The highest BCUT2D eigenvalue weighted by Crippen LogP contribution is 2.27. The molecule has 3 heterocycles. The summed E-state index contributed by atoms with van der Waals surface area (Å²) in [5.41, 5.74) is 4.07. The highest BCUT2D eigenvalue weighted by Gasteiger charge is 2.23. The Hall–Kier alpha value is -2.85. The molecule has 0 fully saturated rings. The number of rotatable bonds is 2. The van der Waals surface area contributed by atoms with Crippen LogP contribution in [0.15, 0.2) is 58.1 Å². The Kier molecular flexibility index (Phi) is 3.91. The van der Waals surface area contributed by atoms with Crippen LogP contribution in [0.3, 0.4) is 0 Å². The molecule has 1 aliphatic heterocycles. The summed E-state index contributed by atoms with van der Waals surface area (Å²) in [6, 6.07) is 15.3. The van der Waals surface area contributed by atoms with Crippen molar-refractivity contribution in [2.75, 3.05) is 0 Å². The zero-order valence-electron chi connectivity index (χ0n) is 15.5. The first-order valence-electron chi connectivity index (χ1n) is 9.48. The van der Waals surface area contributed by atoms with E-state index in [-0.39, 0.29) is 11.0 Å². The third kappa shape index (κ3) is 2.45. The van der Waals surface area contributed by atoms with E-state index in [1.807, 2.05) is 43.3 Å². The van der Waals surface area contributed by atoms with E-state index in [1.54, 1.807) is 16.7 Å². The van der Waals surface area contributed by atoms with Gasteiger partial charge in [0.05, 0.1) is 10.9 Å². The summed E-state index contributed by atoms with van der Waals surface area (Å²) in [5.74, 6) is 0. The van der Waals surface area contributed by atoms with E-state index in [4.69, 9.17) is 11.6 Å². The van der Waals surface area contributed by atoms with E-state index in [2.05, 4.69) is 4.57 Å². The molecule has 1 aliphatic rings. The summed E-state index contributed by atoms with van der Waals surface area (Å²) in [4.78, 5) is 26.8. The van der Waals surface area contributed by atoms with Crippen LogP contribution in [0.4, 0.5) is 0 Å². The van der Waals surface area contributed by atoms with Crippen LogP contribution in [0, 0.1) is 6.92 Å². The standard InChI is InChI=1S/C23H19ClN2O2/c1-14-18(12-15-6-3-2-4-7-15)23(28)26-11-5-10-25-19-13-16(24)8-9-17(19)21(27)20(14)22(25)26/h2-4,6-9,13H,5,10-12H2,1H3. The molecule has 2 aromatic carbocycles. The van der Waals surface area contributed by atoms with Crippen LogP contribution in [0.1, 0.15) is 23.1 Å². The maximum atomic E-state index is 13.4. The van der Waals surface area contributed by atoms with Gasteiger partial charge in [0.15, 0.2) is 5.43 Å². The van der Waals surface area contributed by atoms with Gasteiger partial charge in [-0.15, -0.1) is 0 Å². The molecule has 140 valence electrons. The number of fused-ring (bicyclic) bond motifs is 2. The molecular weight excluding hydrogens is 372 g/mol. The number of hydrogen-bond acceptors (Lipinski definition) is 2. The molecule has 0 unspecified atom stereocenters. The Morgan fingerprint density at radius 1 is 1.00 bits per heavy atom. The van der Waals surface area contributed by atoms with Gasteiger partial charge in [-0.25, -0.2) is 0 Å². The second-order valence-corrected chi connectivity index (χ2v) is 7.85. The van der Waals surface area contributed by atoms with Crippen LogP contribution in [0.5, 0.6) is 0 Å². The largest absolute Gasteiger partial charge is 0.326 e. The average molecular weight is 391 g/mol. The minimum absolute atomic E-state index is 0.00285. The Bertz CT molecular complexity index is 1370. The monoisotopic (exact) mass is 390 g/mol. The van der Waals surface area contributed by atoms with Gasteiger partial charge in [-0.1, -0.05) is 41.9 Å². The van der Waals surface area contributed by atoms with E-state index >= 15 is 0 Å². The normalized spacial score (nSPS) is 13.4. The van der Waals surface area contributed by atoms with Crippen LogP contribution >= 0.6 is 11.6 Å². The van der Waals surface area contributed by atoms with E-state index in [0.717, 1.165) is 35.3 Å². The Morgan fingerprint density at radius 2 is 1.75 bits per heavy atom. The number of benzene rings is 2. The van der Waals surface area contributed by atoms with Gasteiger partial charge in [-0.2, -0.15) is 0 Å². The molecule has 5 rings (SSSR count). The molecule has 0 radical (unpaired) electrons. The van der Waals surface area contributed by atoms with Crippen LogP contribution in [0.25, 0.3) is 21.9 Å². The van der Waals surface area contributed by atoms with Gasteiger partial charge in [-0.05, 0) is 42.7 Å². The summed E-state index contributed by atoms with van der Waals surface area (Å²) < 4.78 is 3.87. The highest BCUT2D eigenvalue weighted by molar-refractivity contribution is 6.31. The smallest absolute Gasteiger partial charge is 0.255 e. The fraction of sp³-hybridized carbons (Fsp3) is 0.217. The molecule has 0 saturated heterocycles. The lowest BCUT2D eigenvalue weighted by molar-refractivity contribution is 0.522. The maximum Gasteiger partial charge on any atom is 0.255 e. The number of nitrogens with zero attached hydrogens (tertiary/aromatic N) is 2. The fourth-order valence-electron chi connectivity index (χ4n) is 4.42. The van der Waals surface area contributed by atoms with E-state index in [9.17, 15) is 9.59 Å². The fourth-order valence-corrected chi connectivity index (χ4v) is 4.59. The summed E-state index contributed by atoms with van der Waals surface area (Å²) in [7, 11) is 0. The molecule has 4 aromatic rings. The second kappa shape index (κ2) is 6.35. The maximum absolute atomic E-state index is 13.4. The molecule has 28 heavy (non-hydrogen) atoms. The first-order valence-corrected chi connectivity index (χ1v) is 9.86. The molecule has 0 N–H and O–H groups in total. The summed E-state index contributed by atoms with van der Waals surface area (Å²) in [5, 5.41) is 1.89. The van der Waals surface area contributed by atoms with Gasteiger partial charge in [0.1, 0.15) is 5.65 Å². The van der Waals surface area contributed by atoms with Crippen molar-refractivity contribution in [3.05, 3.63) is 90.8 Å². The molecule has 0 spiro atoms. The van der Waals surface area contributed by atoms with Gasteiger partial charge < -0.3 is 4.57 Å². The lowest BCUT2D eigenvalue weighted by atomic mass is 9.97. The van der Waals surface area contributed by atoms with Crippen molar-refractivity contribution in [2.45, 2.75) is 32.9 Å². The Morgan fingerprint density at radius 3 is 2.54 bits per heavy atom. The molecular formula is C23H19ClN2O2. The predicted octanol–water partition coefficient (Wildman–Crippen LogP) is 4.27. The zero-order valence-corrected chi connectivity index (χ0v) is 16.3. The Balaban J connectivity index is 1.93. The summed E-state index contributed by atoms with van der Waals surface area (Å²) >= 11 is 6.20. The van der Waals surface area contributed by atoms with E-state index < -0.39 is 0 Å². The number of halogens is 1. The number of aromatic nitrogens is 2. The van der Waals surface area contributed by atoms with Gasteiger partial charge in [0.2, 0.25) is 0 Å². The molecule has 0 saturated carbocycles. The van der Waals surface area contributed by atoms with Crippen LogP contribution < -0.4 is 11.0 Å².